The van der Waals surface area contributed by atoms with Gasteiger partial charge in [-0.05, 0) is 0 Å². The van der Waals surface area contributed by atoms with E-state index in [0.717, 1.165) is 0 Å². The van der Waals surface area contributed by atoms with Crippen molar-refractivity contribution in [2.24, 2.45) is 0 Å². The van der Waals surface area contributed by atoms with Crippen molar-refractivity contribution in [1.82, 2.24) is 0 Å². The van der Waals surface area contributed by atoms with E-state index in [-0.39, 0.29) is 4.25 Å². The van der Waals surface area contributed by atoms with Gasteiger partial charge in [0.05, 0.1) is 0 Å². The van der Waals surface area contributed by atoms with Crippen LogP contribution < -0.4 is 0 Å². The number of rotatable bonds is 0. The van der Waals surface area contributed by atoms with Crippen LogP contribution >= 0.6 is 74.3 Å². The van der Waals surface area contributed by atoms with Crippen molar-refractivity contribution in [3.63, 3.8) is 0 Å². The molecule has 0 heterocycles. The maximum atomic E-state index is 5.73. The molecule has 0 spiro atoms. The van der Waals surface area contributed by atoms with Crippen LogP contribution in [0.5, 0.6) is 0 Å². The van der Waals surface area contributed by atoms with Gasteiger partial charge in [-0.1, -0.05) is 0 Å². The van der Waals surface area contributed by atoms with Crippen LogP contribution in [0.1, 0.15) is 20.8 Å². The zero-order valence-corrected chi connectivity index (χ0v) is 15.5. The van der Waals surface area contributed by atoms with Gasteiger partial charge in [-0.15, -0.1) is 44.3 Å². The second-order valence-corrected chi connectivity index (χ2v) is 31.4. The fraction of sp³-hybridized carbons (Fsp3) is 1.00. The van der Waals surface area contributed by atoms with E-state index < -0.39 is 15.8 Å². The SMILES string of the molecule is C[C](C)(C)[Ge]([Cl])([Cl])[Cl].Cl[Si](Cl)(Cl)Cl. The molecular weight excluding hydrogens is 397 g/mol. The summed E-state index contributed by atoms with van der Waals surface area (Å²) < 4.78 is -0.0787. The second kappa shape index (κ2) is 6.51. The smallest absolute Gasteiger partial charge is 0.110 e. The summed E-state index contributed by atoms with van der Waals surface area (Å²) in [4.78, 5) is 0. The average molecular weight is 406 g/mol. The zero-order chi connectivity index (χ0) is 11.5. The quantitative estimate of drug-likeness (QED) is 0.352. The summed E-state index contributed by atoms with van der Waals surface area (Å²) in [5.74, 6) is 0. The predicted octanol–water partition coefficient (Wildman–Crippen LogP) is 5.82. The largest absolute Gasteiger partial charge is 0.440 e. The van der Waals surface area contributed by atoms with E-state index in [1.165, 1.54) is 0 Å². The van der Waals surface area contributed by atoms with E-state index in [0.29, 0.717) is 0 Å². The second-order valence-electron chi connectivity index (χ2n) is 3.18. The summed E-state index contributed by atoms with van der Waals surface area (Å²) in [5.41, 5.74) is 0. The van der Waals surface area contributed by atoms with E-state index in [9.17, 15) is 0 Å². The van der Waals surface area contributed by atoms with Crippen molar-refractivity contribution >= 4 is 90.1 Å². The van der Waals surface area contributed by atoms with Crippen LogP contribution in [0.3, 0.4) is 0 Å². The molecule has 0 unspecified atom stereocenters. The average Bonchev–Trinajstić information content (AvgIpc) is 1.50. The molecule has 0 saturated heterocycles. The Labute approximate surface area is 114 Å². The van der Waals surface area contributed by atoms with Crippen LogP contribution in [-0.4, -0.2) is 15.8 Å². The van der Waals surface area contributed by atoms with Gasteiger partial charge in [0.1, 0.15) is 0 Å². The number of hydrogen-bond donors (Lipinski definition) is 0. The van der Waals surface area contributed by atoms with Gasteiger partial charge in [-0.2, -0.15) is 0 Å². The summed E-state index contributed by atoms with van der Waals surface area (Å²) in [6.07, 6.45) is 0. The normalized spacial score (nSPS) is 13.4. The predicted molar refractivity (Wildman–Crippen MR) is 72.2 cm³/mol. The van der Waals surface area contributed by atoms with E-state index in [4.69, 9.17) is 74.3 Å². The Bertz CT molecular complexity index is 124. The summed E-state index contributed by atoms with van der Waals surface area (Å²) >= 11 is 19.9. The Morgan fingerprint density at radius 1 is 0.846 bits per heavy atom. The third-order valence-corrected chi connectivity index (χ3v) is 13.3. The zero-order valence-electron chi connectivity index (χ0n) is 7.15. The first-order chi connectivity index (χ1) is 5.25. The summed E-state index contributed by atoms with van der Waals surface area (Å²) in [6.45, 7) is 5.88. The Morgan fingerprint density at radius 2 is 0.923 bits per heavy atom. The first-order valence-electron chi connectivity index (χ1n) is 3.07. The molecule has 0 fully saturated rings. The molecule has 0 atom stereocenters. The van der Waals surface area contributed by atoms with Crippen molar-refractivity contribution in [2.75, 3.05) is 0 Å². The van der Waals surface area contributed by atoms with Crippen LogP contribution in [0.25, 0.3) is 0 Å². The molecule has 0 aromatic heterocycles. The third-order valence-electron chi connectivity index (χ3n) is 0.850. The summed E-state index contributed by atoms with van der Waals surface area (Å²) in [6, 6.07) is 0. The van der Waals surface area contributed by atoms with Crippen LogP contribution in [0, 0.1) is 0 Å². The monoisotopic (exact) mass is 404 g/mol. The minimum atomic E-state index is -2.90. The molecule has 0 saturated carbocycles. The van der Waals surface area contributed by atoms with Gasteiger partial charge in [0.2, 0.25) is 0 Å². The van der Waals surface area contributed by atoms with E-state index in [1.807, 2.05) is 20.8 Å². The first-order valence-corrected chi connectivity index (χ1v) is 18.4. The molecule has 0 bridgehead atoms. The fourth-order valence-corrected chi connectivity index (χ4v) is 0. The molecule has 13 heavy (non-hydrogen) atoms. The molecule has 9 heteroatoms. The Kier molecular flexibility index (Phi) is 9.09. The summed E-state index contributed by atoms with van der Waals surface area (Å²) in [7, 11) is 14.3. The molecule has 0 aromatic rings. The summed E-state index contributed by atoms with van der Waals surface area (Å²) in [5, 5.41) is -2.72. The molecule has 82 valence electrons. The van der Waals surface area contributed by atoms with E-state index >= 15 is 0 Å². The van der Waals surface area contributed by atoms with Crippen molar-refractivity contribution in [1.29, 1.82) is 0 Å². The van der Waals surface area contributed by atoms with Gasteiger partial charge >= 0.3 is 70.8 Å². The molecule has 0 aromatic carbocycles. The molecule has 0 radical (unpaired) electrons. The molecule has 0 rings (SSSR count). The third kappa shape index (κ3) is 17.4. The van der Waals surface area contributed by atoms with Crippen LogP contribution in [-0.2, 0) is 0 Å². The van der Waals surface area contributed by atoms with E-state index in [2.05, 4.69) is 0 Å². The Balaban J connectivity index is 0. The maximum absolute atomic E-state index is 5.73. The number of halogens is 7. The van der Waals surface area contributed by atoms with Gasteiger partial charge in [-0.25, -0.2) is 0 Å². The topological polar surface area (TPSA) is 0 Å². The molecule has 0 amide bonds. The molecule has 0 N–H and O–H groups in total. The van der Waals surface area contributed by atoms with Gasteiger partial charge in [0.25, 0.3) is 0 Å². The van der Waals surface area contributed by atoms with Gasteiger partial charge in [-0.3, -0.25) is 0 Å². The van der Waals surface area contributed by atoms with Crippen molar-refractivity contribution in [3.05, 3.63) is 0 Å². The Morgan fingerprint density at radius 3 is 0.923 bits per heavy atom. The minimum absolute atomic E-state index is 0.0787. The van der Waals surface area contributed by atoms with Crippen LogP contribution in [0.4, 0.5) is 0 Å². The Hall–Kier alpha value is 2.79. The minimum Gasteiger partial charge on any atom is -0.110 e. The van der Waals surface area contributed by atoms with E-state index in [1.54, 1.807) is 0 Å². The van der Waals surface area contributed by atoms with Crippen molar-refractivity contribution < 1.29 is 0 Å². The van der Waals surface area contributed by atoms with Gasteiger partial charge in [0.15, 0.2) is 0 Å². The van der Waals surface area contributed by atoms with Gasteiger partial charge < -0.3 is 0 Å². The van der Waals surface area contributed by atoms with Crippen LogP contribution in [0.15, 0.2) is 0 Å². The molecule has 0 aliphatic carbocycles. The van der Waals surface area contributed by atoms with Gasteiger partial charge in [0, 0.05) is 0 Å². The van der Waals surface area contributed by atoms with Crippen molar-refractivity contribution in [2.45, 2.75) is 25.0 Å². The fourth-order valence-electron chi connectivity index (χ4n) is 0. The standard InChI is InChI=1S/C4H9Cl3Ge.Cl4Si/c1-4(2,3)8(5,6)7;1-5(2,3)4/h1-3H3;. The van der Waals surface area contributed by atoms with Crippen LogP contribution in [0.2, 0.25) is 4.25 Å². The first kappa shape index (κ1) is 18.2. The number of hydrogen-bond acceptors (Lipinski definition) is 0. The van der Waals surface area contributed by atoms with Crippen molar-refractivity contribution in [3.8, 4) is 0 Å². The molecule has 0 aliphatic heterocycles. The molecule has 0 nitrogen and oxygen atoms in total. The molecule has 0 aliphatic rings. The maximum Gasteiger partial charge on any atom is 0.440 e. The molecular formula is C4H9Cl7GeSi.